The number of alkyl halides is 1. The highest BCUT2D eigenvalue weighted by molar-refractivity contribution is 9.09. The van der Waals surface area contributed by atoms with Crippen LogP contribution in [0.5, 0.6) is 0 Å². The molecule has 0 saturated carbocycles. The van der Waals surface area contributed by atoms with Crippen molar-refractivity contribution in [1.82, 2.24) is 4.90 Å². The lowest BCUT2D eigenvalue weighted by molar-refractivity contribution is -0.131. The Morgan fingerprint density at radius 3 is 1.36 bits per heavy atom. The molecule has 3 heteroatoms. The Labute approximate surface area is 185 Å². The number of hydrogen-bond acceptors (Lipinski definition) is 1. The molecule has 0 aliphatic carbocycles. The number of hydrogen-bond donors (Lipinski definition) is 0. The summed E-state index contributed by atoms with van der Waals surface area (Å²) in [7, 11) is 0. The van der Waals surface area contributed by atoms with Gasteiger partial charge in [0.05, 0.1) is 0 Å². The Morgan fingerprint density at radius 1 is 0.571 bits per heavy atom. The molecular weight excluding hydrogens is 410 g/mol. The first-order valence-corrected chi connectivity index (χ1v) is 13.1. The molecule has 2 nitrogen and oxygen atoms in total. The number of unbranched alkanes of at least 4 members (excludes halogenated alkanes) is 15. The van der Waals surface area contributed by atoms with E-state index in [4.69, 9.17) is 13.8 Å². The summed E-state index contributed by atoms with van der Waals surface area (Å²) < 4.78 is 0. The molecule has 0 aromatic heterocycles. The largest absolute Gasteiger partial charge is 0.343 e. The lowest BCUT2D eigenvalue weighted by Crippen LogP contribution is -2.32. The zero-order chi connectivity index (χ0) is 20.7. The van der Waals surface area contributed by atoms with Gasteiger partial charge in [-0.2, -0.15) is 0 Å². The van der Waals surface area contributed by atoms with Gasteiger partial charge in [0.25, 0.3) is 0 Å². The lowest BCUT2D eigenvalue weighted by Gasteiger charge is -2.23. The van der Waals surface area contributed by atoms with Crippen LogP contribution in [-0.2, 0) is 4.79 Å². The topological polar surface area (TPSA) is 20.3 Å². The first-order chi connectivity index (χ1) is 13.8. The zero-order valence-corrected chi connectivity index (χ0v) is 20.0. The van der Waals surface area contributed by atoms with E-state index in [-0.39, 0.29) is 0 Å². The number of rotatable bonds is 22. The minimum atomic E-state index is 0.367. The van der Waals surface area contributed by atoms with Crippen LogP contribution in [0.4, 0.5) is 0 Å². The average molecular weight is 457 g/mol. The van der Waals surface area contributed by atoms with Gasteiger partial charge >= 0.3 is 0 Å². The van der Waals surface area contributed by atoms with Gasteiger partial charge < -0.3 is 4.90 Å². The second kappa shape index (κ2) is 23.2. The van der Waals surface area contributed by atoms with Crippen molar-refractivity contribution in [2.24, 2.45) is 0 Å². The number of carbonyl (C=O) groups excluding carboxylic acids is 1. The van der Waals surface area contributed by atoms with Crippen LogP contribution in [0.2, 0.25) is 0 Å². The van der Waals surface area contributed by atoms with Gasteiger partial charge in [-0.25, -0.2) is 0 Å². The summed E-state index contributed by atoms with van der Waals surface area (Å²) in [5.41, 5.74) is 0. The molecule has 164 valence electrons. The Morgan fingerprint density at radius 2 is 0.964 bits per heavy atom. The Balaban J connectivity index is 3.93. The summed E-state index contributed by atoms with van der Waals surface area (Å²) in [5, 5.41) is 0.995. The van der Waals surface area contributed by atoms with E-state index in [0.717, 1.165) is 69.8 Å². The van der Waals surface area contributed by atoms with Crippen LogP contribution in [0.1, 0.15) is 122 Å². The van der Waals surface area contributed by atoms with Crippen molar-refractivity contribution in [3.63, 3.8) is 0 Å². The van der Waals surface area contributed by atoms with Crippen molar-refractivity contribution in [3.8, 4) is 0 Å². The quantitative estimate of drug-likeness (QED) is 0.119. The van der Waals surface area contributed by atoms with Crippen LogP contribution < -0.4 is 0 Å². The van der Waals surface area contributed by atoms with E-state index in [1.54, 1.807) is 0 Å². The molecule has 0 bridgehead atoms. The lowest BCUT2D eigenvalue weighted by atomic mass is 10.1. The molecule has 1 amide bonds. The van der Waals surface area contributed by atoms with E-state index in [0.29, 0.717) is 12.3 Å². The second-order valence-corrected chi connectivity index (χ2v) is 8.85. The molecule has 28 heavy (non-hydrogen) atoms. The van der Waals surface area contributed by atoms with Gasteiger partial charge in [-0.1, -0.05) is 93.0 Å². The molecule has 0 heterocycles. The predicted molar refractivity (Wildman–Crippen MR) is 127 cm³/mol. The Hall–Kier alpha value is -0.0500. The van der Waals surface area contributed by atoms with Crippen LogP contribution in [-0.4, -0.2) is 29.2 Å². The predicted octanol–water partition coefficient (Wildman–Crippen LogP) is 8.04. The zero-order valence-electron chi connectivity index (χ0n) is 18.4. The normalized spacial score (nSPS) is 11.1. The van der Waals surface area contributed by atoms with Crippen molar-refractivity contribution in [2.75, 3.05) is 18.4 Å². The Kier molecular flexibility index (Phi) is 23.2. The van der Waals surface area contributed by atoms with E-state index in [9.17, 15) is 4.79 Å². The molecule has 0 spiro atoms. The van der Waals surface area contributed by atoms with Gasteiger partial charge in [-0.3, -0.25) is 4.79 Å². The van der Waals surface area contributed by atoms with Gasteiger partial charge in [0, 0.05) is 24.8 Å². The molecule has 0 aliphatic heterocycles. The third-order valence-electron chi connectivity index (χ3n) is 5.39. The van der Waals surface area contributed by atoms with E-state index in [1.165, 1.54) is 64.2 Å². The van der Waals surface area contributed by atoms with Crippen molar-refractivity contribution < 1.29 is 4.79 Å². The monoisotopic (exact) mass is 455 g/mol. The van der Waals surface area contributed by atoms with Crippen molar-refractivity contribution in [2.45, 2.75) is 122 Å². The summed E-state index contributed by atoms with van der Waals surface area (Å²) in [5.74, 6) is 0.367. The fraction of sp³-hybridized carbons (Fsp3) is 0.880. The molecule has 0 N–H and O–H groups in total. The van der Waals surface area contributed by atoms with Gasteiger partial charge in [-0.05, 0) is 52.4 Å². The maximum atomic E-state index is 12.6. The number of amides is 1. The molecule has 0 aromatic rings. The molecule has 0 unspecified atom stereocenters. The number of carbonyl (C=O) groups is 1. The van der Waals surface area contributed by atoms with Crippen molar-refractivity contribution in [1.29, 1.82) is 0 Å². The van der Waals surface area contributed by atoms with E-state index >= 15 is 0 Å². The summed E-state index contributed by atoms with van der Waals surface area (Å²) in [6, 6.07) is 0. The molecule has 4 radical (unpaired) electrons. The minimum Gasteiger partial charge on any atom is -0.343 e. The van der Waals surface area contributed by atoms with Crippen LogP contribution in [0.3, 0.4) is 0 Å². The van der Waals surface area contributed by atoms with Gasteiger partial charge in [0.2, 0.25) is 5.91 Å². The highest BCUT2D eigenvalue weighted by Crippen LogP contribution is 2.12. The molecule has 0 atom stereocenters. The minimum absolute atomic E-state index is 0.367. The van der Waals surface area contributed by atoms with E-state index < -0.39 is 0 Å². The summed E-state index contributed by atoms with van der Waals surface area (Å²) in [4.78, 5) is 14.7. The van der Waals surface area contributed by atoms with Crippen LogP contribution >= 0.6 is 15.9 Å². The standard InChI is InChI=1S/C25H46BrNO/c1-3-5-7-9-11-13-15-19-23-27(25(28)21-17-18-22-26)24-20-16-14-12-10-8-6-4-2/h1-2H,3-24H2. The maximum Gasteiger partial charge on any atom is 0.222 e. The molecule has 0 rings (SSSR count). The van der Waals surface area contributed by atoms with Crippen molar-refractivity contribution in [3.05, 3.63) is 13.8 Å². The molecule has 0 saturated heterocycles. The first kappa shape index (κ1) is 27.9. The van der Waals surface area contributed by atoms with Crippen molar-refractivity contribution >= 4 is 21.8 Å². The first-order valence-electron chi connectivity index (χ1n) is 12.0. The smallest absolute Gasteiger partial charge is 0.222 e. The molecule has 0 aromatic carbocycles. The fourth-order valence-electron chi connectivity index (χ4n) is 3.55. The van der Waals surface area contributed by atoms with Crippen LogP contribution in [0, 0.1) is 13.8 Å². The van der Waals surface area contributed by atoms with Crippen LogP contribution in [0.25, 0.3) is 0 Å². The molecule has 0 aliphatic rings. The fourth-order valence-corrected chi connectivity index (χ4v) is 3.95. The maximum absolute atomic E-state index is 12.6. The third kappa shape index (κ3) is 19.3. The highest BCUT2D eigenvalue weighted by Gasteiger charge is 2.12. The van der Waals surface area contributed by atoms with Gasteiger partial charge in [-0.15, -0.1) is 0 Å². The molecular formula is C25H46BrNO. The van der Waals surface area contributed by atoms with E-state index in [1.807, 2.05) is 0 Å². The van der Waals surface area contributed by atoms with Crippen LogP contribution in [0.15, 0.2) is 0 Å². The summed E-state index contributed by atoms with van der Waals surface area (Å²) >= 11 is 3.46. The number of halogens is 1. The second-order valence-electron chi connectivity index (χ2n) is 8.05. The summed E-state index contributed by atoms with van der Waals surface area (Å²) in [6.45, 7) is 13.0. The SMILES string of the molecule is [CH]CCCCCCCCCN(CCCCCCCCC[CH])C(=O)CCCCBr. The number of nitrogens with zero attached hydrogens (tertiary/aromatic N) is 1. The Bertz CT molecular complexity index is 302. The molecule has 0 fully saturated rings. The summed E-state index contributed by atoms with van der Waals surface area (Å²) in [6.07, 6.45) is 21.9. The third-order valence-corrected chi connectivity index (χ3v) is 5.95. The highest BCUT2D eigenvalue weighted by atomic mass is 79.9. The van der Waals surface area contributed by atoms with Gasteiger partial charge in [0.15, 0.2) is 0 Å². The van der Waals surface area contributed by atoms with Gasteiger partial charge in [0.1, 0.15) is 0 Å². The van der Waals surface area contributed by atoms with E-state index in [2.05, 4.69) is 20.8 Å². The average Bonchev–Trinajstić information content (AvgIpc) is 2.70.